The molecule has 10 heteroatoms. The lowest BCUT2D eigenvalue weighted by Gasteiger charge is -2.43. The van der Waals surface area contributed by atoms with Gasteiger partial charge in [0.25, 0.3) is 0 Å². The van der Waals surface area contributed by atoms with Crippen LogP contribution < -0.4 is 10.2 Å². The van der Waals surface area contributed by atoms with E-state index in [1.54, 1.807) is 12.1 Å². The van der Waals surface area contributed by atoms with Crippen molar-refractivity contribution in [2.45, 2.75) is 50.7 Å². The van der Waals surface area contributed by atoms with Crippen molar-refractivity contribution in [3.63, 3.8) is 0 Å². The lowest BCUT2D eigenvalue weighted by molar-refractivity contribution is -0.121. The van der Waals surface area contributed by atoms with E-state index in [0.29, 0.717) is 31.6 Å². The van der Waals surface area contributed by atoms with Crippen LogP contribution in [0.4, 0.5) is 10.1 Å². The quantitative estimate of drug-likeness (QED) is 0.511. The van der Waals surface area contributed by atoms with E-state index in [4.69, 9.17) is 4.74 Å². The standard InChI is InChI=1S/C30H41FN4O3.2ClH/c1-21-15-34(26(14-32-21)16-33-10-11-38-18-22(33)2)17-29(37)35-19-30(3,20-36)27-9-6-24(13-28(27)35)12-23-4-7-25(31)8-5-23;;/h4-9,13,21-22,26,32,36H,10-12,14-20H2,1-3H3;2*1H/t21-,22?,26-,30?;;/m1../s1. The molecule has 3 heterocycles. The first-order chi connectivity index (χ1) is 18.3. The molecule has 222 valence electrons. The molecular formula is C30H43Cl2FN4O3. The monoisotopic (exact) mass is 596 g/mol. The fourth-order valence-corrected chi connectivity index (χ4v) is 6.10. The molecule has 3 aliphatic heterocycles. The van der Waals surface area contributed by atoms with Crippen molar-refractivity contribution >= 4 is 36.4 Å². The van der Waals surface area contributed by atoms with Gasteiger partial charge in [-0.3, -0.25) is 14.6 Å². The van der Waals surface area contributed by atoms with Gasteiger partial charge in [0.15, 0.2) is 0 Å². The molecule has 3 aliphatic rings. The molecule has 1 amide bonds. The minimum absolute atomic E-state index is 0. The van der Waals surface area contributed by atoms with Gasteiger partial charge in [-0.25, -0.2) is 4.39 Å². The van der Waals surface area contributed by atoms with E-state index in [1.807, 2.05) is 17.9 Å². The molecule has 0 saturated carbocycles. The van der Waals surface area contributed by atoms with Gasteiger partial charge in [0, 0.05) is 62.0 Å². The minimum atomic E-state index is -0.501. The summed E-state index contributed by atoms with van der Waals surface area (Å²) in [6.07, 6.45) is 0.653. The Kier molecular flexibility index (Phi) is 11.4. The molecule has 0 spiro atoms. The summed E-state index contributed by atoms with van der Waals surface area (Å²) < 4.78 is 19.0. The second-order valence-electron chi connectivity index (χ2n) is 11.7. The number of ether oxygens (including phenoxy) is 1. The van der Waals surface area contributed by atoms with E-state index in [1.165, 1.54) is 12.1 Å². The van der Waals surface area contributed by atoms with Crippen molar-refractivity contribution in [1.29, 1.82) is 0 Å². The second-order valence-corrected chi connectivity index (χ2v) is 11.7. The Hall–Kier alpha value is -1.78. The smallest absolute Gasteiger partial charge is 0.241 e. The highest BCUT2D eigenvalue weighted by Gasteiger charge is 2.42. The van der Waals surface area contributed by atoms with Gasteiger partial charge < -0.3 is 20.1 Å². The van der Waals surface area contributed by atoms with E-state index < -0.39 is 5.41 Å². The number of fused-ring (bicyclic) bond motifs is 1. The molecule has 5 rings (SSSR count). The van der Waals surface area contributed by atoms with E-state index in [2.05, 4.69) is 41.1 Å². The fraction of sp³-hybridized carbons (Fsp3) is 0.567. The van der Waals surface area contributed by atoms with Crippen molar-refractivity contribution in [2.75, 3.05) is 64.0 Å². The first-order valence-corrected chi connectivity index (χ1v) is 13.8. The van der Waals surface area contributed by atoms with Gasteiger partial charge in [-0.15, -0.1) is 24.8 Å². The molecule has 7 nitrogen and oxygen atoms in total. The Morgan fingerprint density at radius 2 is 1.85 bits per heavy atom. The predicted molar refractivity (Wildman–Crippen MR) is 162 cm³/mol. The number of morpholine rings is 1. The molecule has 4 atom stereocenters. The second kappa shape index (κ2) is 13.9. The van der Waals surface area contributed by atoms with Crippen LogP contribution in [-0.4, -0.2) is 98.0 Å². The van der Waals surface area contributed by atoms with E-state index >= 15 is 0 Å². The van der Waals surface area contributed by atoms with Crippen LogP contribution in [-0.2, 0) is 21.4 Å². The van der Waals surface area contributed by atoms with Gasteiger partial charge in [-0.05, 0) is 55.2 Å². The number of halogens is 3. The third-order valence-corrected chi connectivity index (χ3v) is 8.50. The van der Waals surface area contributed by atoms with Crippen molar-refractivity contribution in [3.05, 3.63) is 65.0 Å². The molecule has 0 aliphatic carbocycles. The molecular weight excluding hydrogens is 554 g/mol. The van der Waals surface area contributed by atoms with Gasteiger partial charge in [0.2, 0.25) is 5.91 Å². The highest BCUT2D eigenvalue weighted by Crippen LogP contribution is 2.41. The number of anilines is 1. The van der Waals surface area contributed by atoms with Gasteiger partial charge in [-0.1, -0.05) is 31.2 Å². The van der Waals surface area contributed by atoms with Crippen LogP contribution in [0.2, 0.25) is 0 Å². The van der Waals surface area contributed by atoms with Crippen LogP contribution in [0.15, 0.2) is 42.5 Å². The number of nitrogens with one attached hydrogen (secondary N) is 1. The number of piperazine rings is 1. The number of hydrogen-bond acceptors (Lipinski definition) is 6. The minimum Gasteiger partial charge on any atom is -0.395 e. The maximum Gasteiger partial charge on any atom is 0.241 e. The van der Waals surface area contributed by atoms with Gasteiger partial charge >= 0.3 is 0 Å². The first-order valence-electron chi connectivity index (χ1n) is 13.8. The maximum atomic E-state index is 13.9. The number of nitrogens with zero attached hydrogens (tertiary/aromatic N) is 3. The first kappa shape index (κ1) is 32.7. The van der Waals surface area contributed by atoms with Crippen LogP contribution in [0.3, 0.4) is 0 Å². The number of hydrogen-bond donors (Lipinski definition) is 2. The van der Waals surface area contributed by atoms with Gasteiger partial charge in [0.1, 0.15) is 5.82 Å². The summed E-state index contributed by atoms with van der Waals surface area (Å²) in [5.41, 5.74) is 3.46. The molecule has 0 bridgehead atoms. The van der Waals surface area contributed by atoms with Gasteiger partial charge in [0.05, 0.1) is 26.4 Å². The Labute approximate surface area is 249 Å². The highest BCUT2D eigenvalue weighted by molar-refractivity contribution is 5.97. The third-order valence-electron chi connectivity index (χ3n) is 8.50. The Morgan fingerprint density at radius 3 is 2.55 bits per heavy atom. The number of carbonyl (C=O) groups is 1. The zero-order valence-corrected chi connectivity index (χ0v) is 25.3. The number of rotatable bonds is 7. The van der Waals surface area contributed by atoms with Crippen LogP contribution in [0.5, 0.6) is 0 Å². The third kappa shape index (κ3) is 7.16. The molecule has 2 aromatic rings. The topological polar surface area (TPSA) is 68.3 Å². The molecule has 2 fully saturated rings. The molecule has 0 aromatic heterocycles. The van der Waals surface area contributed by atoms with Crippen molar-refractivity contribution in [2.24, 2.45) is 0 Å². The van der Waals surface area contributed by atoms with E-state index in [-0.39, 0.29) is 49.2 Å². The number of amides is 1. The van der Waals surface area contributed by atoms with Crippen molar-refractivity contribution < 1.29 is 19.0 Å². The van der Waals surface area contributed by atoms with Crippen LogP contribution in [0.1, 0.15) is 37.5 Å². The Morgan fingerprint density at radius 1 is 1.12 bits per heavy atom. The Balaban J connectivity index is 0.00000220. The fourth-order valence-electron chi connectivity index (χ4n) is 6.10. The summed E-state index contributed by atoms with van der Waals surface area (Å²) in [5.74, 6) is -0.182. The van der Waals surface area contributed by atoms with Crippen LogP contribution in [0.25, 0.3) is 0 Å². The highest BCUT2D eigenvalue weighted by atomic mass is 35.5. The van der Waals surface area contributed by atoms with Crippen LogP contribution >= 0.6 is 24.8 Å². The van der Waals surface area contributed by atoms with E-state index in [9.17, 15) is 14.3 Å². The molecule has 40 heavy (non-hydrogen) atoms. The summed E-state index contributed by atoms with van der Waals surface area (Å²) in [6.45, 7) is 12.2. The normalized spacial score (nSPS) is 27.0. The summed E-state index contributed by atoms with van der Waals surface area (Å²) in [5, 5.41) is 13.9. The van der Waals surface area contributed by atoms with Crippen molar-refractivity contribution in [3.8, 4) is 0 Å². The molecule has 2 saturated heterocycles. The maximum absolute atomic E-state index is 13.9. The Bertz CT molecular complexity index is 1140. The lowest BCUT2D eigenvalue weighted by atomic mass is 9.85. The largest absolute Gasteiger partial charge is 0.395 e. The summed E-state index contributed by atoms with van der Waals surface area (Å²) in [6, 6.07) is 13.7. The number of carbonyl (C=O) groups excluding carboxylic acids is 1. The average Bonchev–Trinajstić information content (AvgIpc) is 3.21. The lowest BCUT2D eigenvalue weighted by Crippen LogP contribution is -2.62. The predicted octanol–water partition coefficient (Wildman–Crippen LogP) is 3.24. The summed E-state index contributed by atoms with van der Waals surface area (Å²) in [7, 11) is 0. The number of benzene rings is 2. The molecule has 2 unspecified atom stereocenters. The number of aliphatic hydroxyl groups excluding tert-OH is 1. The summed E-state index contributed by atoms with van der Waals surface area (Å²) >= 11 is 0. The van der Waals surface area contributed by atoms with E-state index in [0.717, 1.165) is 61.8 Å². The van der Waals surface area contributed by atoms with Crippen LogP contribution in [0, 0.1) is 5.82 Å². The average molecular weight is 598 g/mol. The number of aliphatic hydroxyl groups is 1. The molecule has 2 aromatic carbocycles. The summed E-state index contributed by atoms with van der Waals surface area (Å²) in [4.78, 5) is 20.6. The van der Waals surface area contributed by atoms with Crippen molar-refractivity contribution in [1.82, 2.24) is 15.1 Å². The molecule has 2 N–H and O–H groups in total. The van der Waals surface area contributed by atoms with Gasteiger partial charge in [-0.2, -0.15) is 0 Å². The molecule has 0 radical (unpaired) electrons. The zero-order valence-electron chi connectivity index (χ0n) is 23.6. The SMILES string of the molecule is CC1COCCN1C[C@H]1CN[C@H](C)CN1CC(=O)N1CC(C)(CO)c2ccc(Cc3ccc(F)cc3)cc21.Cl.Cl. The zero-order chi connectivity index (χ0) is 26.9.